The van der Waals surface area contributed by atoms with Gasteiger partial charge in [-0.2, -0.15) is 0 Å². The van der Waals surface area contributed by atoms with Crippen LogP contribution in [0.4, 0.5) is 0 Å². The largest absolute Gasteiger partial charge is 0.481 e. The van der Waals surface area contributed by atoms with Crippen molar-refractivity contribution in [1.82, 2.24) is 0 Å². The standard InChI is InChI=1S/C15H14O2/c1-10-3-2-4-11-5-6-12(9-13(10)11)15(7-8-15)14(16)17/h2-6,9H,7-8H2,1H3,(H,16,17). The molecular weight excluding hydrogens is 212 g/mol. The third-order valence-corrected chi connectivity index (χ3v) is 3.81. The summed E-state index contributed by atoms with van der Waals surface area (Å²) >= 11 is 0. The molecule has 3 rings (SSSR count). The normalized spacial score (nSPS) is 17.0. The van der Waals surface area contributed by atoms with Crippen LogP contribution in [0.3, 0.4) is 0 Å². The fourth-order valence-electron chi connectivity index (χ4n) is 2.48. The number of hydrogen-bond donors (Lipinski definition) is 1. The van der Waals surface area contributed by atoms with Crippen LogP contribution in [0.25, 0.3) is 10.8 Å². The molecule has 2 heteroatoms. The molecule has 2 aromatic carbocycles. The van der Waals surface area contributed by atoms with Crippen molar-refractivity contribution in [3.63, 3.8) is 0 Å². The first kappa shape index (κ1) is 10.3. The second-order valence-electron chi connectivity index (χ2n) is 4.90. The van der Waals surface area contributed by atoms with Gasteiger partial charge in [0.05, 0.1) is 5.41 Å². The predicted octanol–water partition coefficient (Wildman–Crippen LogP) is 3.26. The summed E-state index contributed by atoms with van der Waals surface area (Å²) in [4.78, 5) is 11.3. The van der Waals surface area contributed by atoms with E-state index in [1.54, 1.807) is 0 Å². The van der Waals surface area contributed by atoms with E-state index in [-0.39, 0.29) is 0 Å². The zero-order valence-corrected chi connectivity index (χ0v) is 9.73. The van der Waals surface area contributed by atoms with Crippen LogP contribution < -0.4 is 0 Å². The van der Waals surface area contributed by atoms with Gasteiger partial charge in [0.1, 0.15) is 0 Å². The van der Waals surface area contributed by atoms with Gasteiger partial charge < -0.3 is 5.11 Å². The van der Waals surface area contributed by atoms with Crippen LogP contribution in [0, 0.1) is 6.92 Å². The van der Waals surface area contributed by atoms with Crippen LogP contribution in [0.5, 0.6) is 0 Å². The molecule has 0 amide bonds. The van der Waals surface area contributed by atoms with Gasteiger partial charge in [-0.05, 0) is 47.7 Å². The Bertz CT molecular complexity index is 609. The van der Waals surface area contributed by atoms with Crippen LogP contribution in [-0.4, -0.2) is 11.1 Å². The second kappa shape index (κ2) is 3.33. The van der Waals surface area contributed by atoms with Crippen LogP contribution >= 0.6 is 0 Å². The molecule has 0 bridgehead atoms. The Hall–Kier alpha value is -1.83. The van der Waals surface area contributed by atoms with Crippen molar-refractivity contribution in [1.29, 1.82) is 0 Å². The van der Waals surface area contributed by atoms with E-state index in [9.17, 15) is 9.90 Å². The molecule has 0 radical (unpaired) electrons. The highest BCUT2D eigenvalue weighted by Gasteiger charge is 2.51. The van der Waals surface area contributed by atoms with E-state index in [1.807, 2.05) is 24.3 Å². The molecule has 1 N–H and O–H groups in total. The summed E-state index contributed by atoms with van der Waals surface area (Å²) in [5.74, 6) is -0.689. The zero-order chi connectivity index (χ0) is 12.0. The third-order valence-electron chi connectivity index (χ3n) is 3.81. The lowest BCUT2D eigenvalue weighted by Crippen LogP contribution is -2.19. The molecule has 2 aromatic rings. The molecule has 0 aliphatic heterocycles. The number of carboxylic acid groups (broad SMARTS) is 1. The van der Waals surface area contributed by atoms with E-state index in [1.165, 1.54) is 10.9 Å². The third kappa shape index (κ3) is 1.44. The van der Waals surface area contributed by atoms with Crippen LogP contribution in [0.2, 0.25) is 0 Å². The summed E-state index contributed by atoms with van der Waals surface area (Å²) < 4.78 is 0. The molecule has 1 aliphatic rings. The average Bonchev–Trinajstić information content (AvgIpc) is 3.10. The summed E-state index contributed by atoms with van der Waals surface area (Å²) in [5.41, 5.74) is 1.55. The van der Waals surface area contributed by atoms with Gasteiger partial charge in [0.2, 0.25) is 0 Å². The minimum absolute atomic E-state index is 0.601. The Morgan fingerprint density at radius 1 is 1.24 bits per heavy atom. The molecular formula is C15H14O2. The minimum Gasteiger partial charge on any atom is -0.481 e. The number of hydrogen-bond acceptors (Lipinski definition) is 1. The van der Waals surface area contributed by atoms with Crippen molar-refractivity contribution in [2.75, 3.05) is 0 Å². The zero-order valence-electron chi connectivity index (χ0n) is 9.73. The SMILES string of the molecule is Cc1cccc2ccc(C3(C(=O)O)CC3)cc12. The first-order valence-corrected chi connectivity index (χ1v) is 5.87. The molecule has 1 saturated carbocycles. The molecule has 17 heavy (non-hydrogen) atoms. The van der Waals surface area contributed by atoms with E-state index in [4.69, 9.17) is 0 Å². The van der Waals surface area contributed by atoms with Crippen LogP contribution in [-0.2, 0) is 10.2 Å². The minimum atomic E-state index is -0.689. The summed E-state index contributed by atoms with van der Waals surface area (Å²) in [6.07, 6.45) is 1.53. The fourth-order valence-corrected chi connectivity index (χ4v) is 2.48. The topological polar surface area (TPSA) is 37.3 Å². The number of fused-ring (bicyclic) bond motifs is 1. The highest BCUT2D eigenvalue weighted by atomic mass is 16.4. The van der Waals surface area contributed by atoms with Gasteiger partial charge in [0.15, 0.2) is 0 Å². The van der Waals surface area contributed by atoms with Gasteiger partial charge in [-0.3, -0.25) is 4.79 Å². The molecule has 2 nitrogen and oxygen atoms in total. The quantitative estimate of drug-likeness (QED) is 0.853. The lowest BCUT2D eigenvalue weighted by Gasteiger charge is -2.12. The summed E-state index contributed by atoms with van der Waals surface area (Å²) in [6.45, 7) is 2.06. The average molecular weight is 226 g/mol. The summed E-state index contributed by atoms with van der Waals surface area (Å²) in [7, 11) is 0. The molecule has 1 fully saturated rings. The Labute approximate surface area is 99.9 Å². The molecule has 0 spiro atoms. The van der Waals surface area contributed by atoms with Gasteiger partial charge in [0, 0.05) is 0 Å². The lowest BCUT2D eigenvalue weighted by molar-refractivity contribution is -0.140. The van der Waals surface area contributed by atoms with Gasteiger partial charge >= 0.3 is 5.97 Å². The van der Waals surface area contributed by atoms with E-state index < -0.39 is 11.4 Å². The number of benzene rings is 2. The van der Waals surface area contributed by atoms with Crippen molar-refractivity contribution in [2.24, 2.45) is 0 Å². The van der Waals surface area contributed by atoms with E-state index in [0.29, 0.717) is 0 Å². The van der Waals surface area contributed by atoms with E-state index >= 15 is 0 Å². The number of aryl methyl sites for hydroxylation is 1. The maximum absolute atomic E-state index is 11.3. The highest BCUT2D eigenvalue weighted by molar-refractivity contribution is 5.90. The number of carbonyl (C=O) groups is 1. The summed E-state index contributed by atoms with van der Waals surface area (Å²) in [5, 5.41) is 11.6. The molecule has 0 heterocycles. The first-order chi connectivity index (χ1) is 8.13. The van der Waals surface area contributed by atoms with Crippen LogP contribution in [0.15, 0.2) is 36.4 Å². The second-order valence-corrected chi connectivity index (χ2v) is 4.90. The van der Waals surface area contributed by atoms with Crippen molar-refractivity contribution < 1.29 is 9.90 Å². The molecule has 0 atom stereocenters. The number of rotatable bonds is 2. The van der Waals surface area contributed by atoms with Crippen LogP contribution in [0.1, 0.15) is 24.0 Å². The lowest BCUT2D eigenvalue weighted by atomic mass is 9.92. The molecule has 0 aromatic heterocycles. The predicted molar refractivity (Wildman–Crippen MR) is 67.2 cm³/mol. The number of aliphatic carboxylic acids is 1. The van der Waals surface area contributed by atoms with E-state index in [2.05, 4.69) is 19.1 Å². The first-order valence-electron chi connectivity index (χ1n) is 5.87. The molecule has 0 unspecified atom stereocenters. The maximum atomic E-state index is 11.3. The Kier molecular flexibility index (Phi) is 2.02. The molecule has 1 aliphatic carbocycles. The smallest absolute Gasteiger partial charge is 0.314 e. The Morgan fingerprint density at radius 2 is 2.00 bits per heavy atom. The van der Waals surface area contributed by atoms with Gasteiger partial charge in [0.25, 0.3) is 0 Å². The fraction of sp³-hybridized carbons (Fsp3) is 0.267. The van der Waals surface area contributed by atoms with E-state index in [0.717, 1.165) is 23.8 Å². The molecule has 0 saturated heterocycles. The van der Waals surface area contributed by atoms with Gasteiger partial charge in [-0.1, -0.05) is 30.3 Å². The Balaban J connectivity index is 2.20. The molecule has 86 valence electrons. The van der Waals surface area contributed by atoms with Crippen molar-refractivity contribution in [3.05, 3.63) is 47.5 Å². The highest BCUT2D eigenvalue weighted by Crippen LogP contribution is 2.49. The monoisotopic (exact) mass is 226 g/mol. The van der Waals surface area contributed by atoms with Gasteiger partial charge in [-0.15, -0.1) is 0 Å². The van der Waals surface area contributed by atoms with Crippen molar-refractivity contribution >= 4 is 16.7 Å². The number of carboxylic acids is 1. The van der Waals surface area contributed by atoms with Crippen molar-refractivity contribution in [2.45, 2.75) is 25.2 Å². The van der Waals surface area contributed by atoms with Crippen molar-refractivity contribution in [3.8, 4) is 0 Å². The maximum Gasteiger partial charge on any atom is 0.314 e. The Morgan fingerprint density at radius 3 is 2.65 bits per heavy atom. The van der Waals surface area contributed by atoms with Gasteiger partial charge in [-0.25, -0.2) is 0 Å². The summed E-state index contributed by atoms with van der Waals surface area (Å²) in [6, 6.07) is 12.2.